The van der Waals surface area contributed by atoms with Crippen LogP contribution < -0.4 is 10.1 Å². The Morgan fingerprint density at radius 2 is 1.58 bits per heavy atom. The molecule has 0 bridgehead atoms. The highest BCUT2D eigenvalue weighted by atomic mass is 19.4. The third-order valence-electron chi connectivity index (χ3n) is 4.62. The number of hydrogen-bond acceptors (Lipinski definition) is 3. The normalized spacial score (nSPS) is 14.1. The van der Waals surface area contributed by atoms with Gasteiger partial charge in [0.25, 0.3) is 0 Å². The van der Waals surface area contributed by atoms with E-state index in [9.17, 15) is 35.9 Å². The van der Waals surface area contributed by atoms with E-state index in [1.54, 1.807) is 23.5 Å². The van der Waals surface area contributed by atoms with Gasteiger partial charge in [-0.1, -0.05) is 6.07 Å². The molecule has 1 aliphatic heterocycles. The number of nitrogens with one attached hydrogen (secondary N) is 1. The molecule has 0 radical (unpaired) electrons. The average Bonchev–Trinajstić information content (AvgIpc) is 2.70. The molecule has 3 rings (SSSR count). The molecule has 1 aliphatic rings. The van der Waals surface area contributed by atoms with E-state index in [0.29, 0.717) is 17.7 Å². The minimum absolute atomic E-state index is 0.0975. The molecule has 2 aromatic carbocycles. The summed E-state index contributed by atoms with van der Waals surface area (Å²) in [7, 11) is 0. The lowest BCUT2D eigenvalue weighted by atomic mass is 9.99. The predicted octanol–water partition coefficient (Wildman–Crippen LogP) is 4.06. The molecule has 0 saturated carbocycles. The van der Waals surface area contributed by atoms with Gasteiger partial charge in [-0.25, -0.2) is 0 Å². The number of nitrogens with zero attached hydrogens (tertiary/aromatic N) is 1. The molecule has 2 amide bonds. The van der Waals surface area contributed by atoms with E-state index >= 15 is 0 Å². The first-order chi connectivity index (χ1) is 14.4. The Morgan fingerprint density at radius 1 is 0.935 bits per heavy atom. The Balaban J connectivity index is 1.64. The van der Waals surface area contributed by atoms with Crippen LogP contribution in [0, 0.1) is 0 Å². The molecular formula is C20H16F6N2O3. The fourth-order valence-electron chi connectivity index (χ4n) is 3.03. The maximum atomic E-state index is 12.6. The first-order valence-electron chi connectivity index (χ1n) is 9.03. The van der Waals surface area contributed by atoms with Crippen LogP contribution in [0.25, 0.3) is 0 Å². The van der Waals surface area contributed by atoms with E-state index < -0.39 is 36.3 Å². The molecule has 2 aromatic rings. The summed E-state index contributed by atoms with van der Waals surface area (Å²) in [5.74, 6) is -2.34. The van der Waals surface area contributed by atoms with Crippen molar-refractivity contribution in [2.45, 2.75) is 25.3 Å². The fraction of sp³-hybridized carbons (Fsp3) is 0.300. The van der Waals surface area contributed by atoms with Gasteiger partial charge in [0, 0.05) is 13.1 Å². The lowest BCUT2D eigenvalue weighted by Crippen LogP contribution is -2.45. The Hall–Kier alpha value is -3.24. The van der Waals surface area contributed by atoms with Crippen LogP contribution in [-0.2, 0) is 28.7 Å². The van der Waals surface area contributed by atoms with E-state index in [1.165, 1.54) is 17.0 Å². The summed E-state index contributed by atoms with van der Waals surface area (Å²) in [6.07, 6.45) is -9.08. The van der Waals surface area contributed by atoms with Gasteiger partial charge in [-0.05, 0) is 53.9 Å². The quantitative estimate of drug-likeness (QED) is 0.721. The standard InChI is InChI=1S/C20H16F6N2O3/c21-19(22,23)14-2-5-15(6-3-14)31-16-4-1-12-7-8-28(11-13(12)9-16)17(29)10-27-18(30)20(24,25)26/h1-6,9H,7-8,10-11H2,(H,27,30). The summed E-state index contributed by atoms with van der Waals surface area (Å²) >= 11 is 0. The Labute approximate surface area is 172 Å². The van der Waals surface area contributed by atoms with Crippen LogP contribution >= 0.6 is 0 Å². The molecule has 11 heteroatoms. The van der Waals surface area contributed by atoms with E-state index in [1.807, 2.05) is 0 Å². The summed E-state index contributed by atoms with van der Waals surface area (Å²) in [4.78, 5) is 24.3. The maximum Gasteiger partial charge on any atom is 0.471 e. The van der Waals surface area contributed by atoms with Crippen molar-refractivity contribution in [2.24, 2.45) is 0 Å². The number of fused-ring (bicyclic) bond motifs is 1. The third kappa shape index (κ3) is 5.68. The molecule has 0 aromatic heterocycles. The molecule has 0 aliphatic carbocycles. The van der Waals surface area contributed by atoms with E-state index in [-0.39, 0.29) is 18.8 Å². The van der Waals surface area contributed by atoms with Gasteiger partial charge in [-0.15, -0.1) is 0 Å². The smallest absolute Gasteiger partial charge is 0.457 e. The fourth-order valence-corrected chi connectivity index (χ4v) is 3.03. The van der Waals surface area contributed by atoms with Crippen molar-refractivity contribution in [2.75, 3.05) is 13.1 Å². The highest BCUT2D eigenvalue weighted by Crippen LogP contribution is 2.32. The second-order valence-corrected chi connectivity index (χ2v) is 6.80. The zero-order valence-electron chi connectivity index (χ0n) is 15.8. The molecule has 0 spiro atoms. The van der Waals surface area contributed by atoms with Gasteiger partial charge in [0.1, 0.15) is 11.5 Å². The molecular weight excluding hydrogens is 430 g/mol. The summed E-state index contributed by atoms with van der Waals surface area (Å²) < 4.78 is 80.2. The SMILES string of the molecule is O=C(CNC(=O)C(F)(F)F)N1CCc2ccc(Oc3ccc(C(F)(F)F)cc3)cc2C1. The van der Waals surface area contributed by atoms with Crippen LogP contribution in [0.1, 0.15) is 16.7 Å². The number of alkyl halides is 6. The van der Waals surface area contributed by atoms with Crippen molar-refractivity contribution in [3.63, 3.8) is 0 Å². The number of rotatable bonds is 4. The van der Waals surface area contributed by atoms with Crippen molar-refractivity contribution in [3.05, 3.63) is 59.2 Å². The Morgan fingerprint density at radius 3 is 2.19 bits per heavy atom. The molecule has 1 heterocycles. The topological polar surface area (TPSA) is 58.6 Å². The van der Waals surface area contributed by atoms with Gasteiger partial charge in [-0.3, -0.25) is 9.59 Å². The van der Waals surface area contributed by atoms with Crippen LogP contribution in [0.3, 0.4) is 0 Å². The van der Waals surface area contributed by atoms with E-state index in [4.69, 9.17) is 4.74 Å². The maximum absolute atomic E-state index is 12.6. The highest BCUT2D eigenvalue weighted by molar-refractivity contribution is 5.87. The van der Waals surface area contributed by atoms with Crippen LogP contribution in [0.15, 0.2) is 42.5 Å². The van der Waals surface area contributed by atoms with Crippen molar-refractivity contribution in [1.82, 2.24) is 10.2 Å². The van der Waals surface area contributed by atoms with Gasteiger partial charge in [-0.2, -0.15) is 26.3 Å². The summed E-state index contributed by atoms with van der Waals surface area (Å²) in [6, 6.07) is 9.15. The van der Waals surface area contributed by atoms with Crippen molar-refractivity contribution >= 4 is 11.8 Å². The zero-order chi connectivity index (χ0) is 22.8. The Kier molecular flexibility index (Phi) is 6.14. The number of benzene rings is 2. The molecule has 0 unspecified atom stereocenters. The zero-order valence-corrected chi connectivity index (χ0v) is 15.8. The van der Waals surface area contributed by atoms with Gasteiger partial charge in [0.15, 0.2) is 0 Å². The van der Waals surface area contributed by atoms with Crippen LogP contribution in [-0.4, -0.2) is 36.0 Å². The molecule has 0 saturated heterocycles. The van der Waals surface area contributed by atoms with Gasteiger partial charge >= 0.3 is 18.3 Å². The van der Waals surface area contributed by atoms with Crippen LogP contribution in [0.5, 0.6) is 11.5 Å². The van der Waals surface area contributed by atoms with E-state index in [0.717, 1.165) is 17.7 Å². The first kappa shape index (κ1) is 22.4. The van der Waals surface area contributed by atoms with Gasteiger partial charge in [0.05, 0.1) is 12.1 Å². The monoisotopic (exact) mass is 446 g/mol. The number of hydrogen-bond donors (Lipinski definition) is 1. The van der Waals surface area contributed by atoms with Gasteiger partial charge < -0.3 is 15.0 Å². The van der Waals surface area contributed by atoms with Crippen molar-refractivity contribution < 1.29 is 40.7 Å². The number of halogens is 6. The molecule has 31 heavy (non-hydrogen) atoms. The van der Waals surface area contributed by atoms with Crippen molar-refractivity contribution in [3.8, 4) is 11.5 Å². The number of carbonyl (C=O) groups excluding carboxylic acids is 2. The first-order valence-corrected chi connectivity index (χ1v) is 9.03. The number of carbonyl (C=O) groups is 2. The summed E-state index contributed by atoms with van der Waals surface area (Å²) in [6.45, 7) is -0.414. The molecule has 5 nitrogen and oxygen atoms in total. The molecule has 0 fully saturated rings. The minimum atomic E-state index is -5.07. The minimum Gasteiger partial charge on any atom is -0.457 e. The largest absolute Gasteiger partial charge is 0.471 e. The third-order valence-corrected chi connectivity index (χ3v) is 4.62. The molecule has 0 atom stereocenters. The average molecular weight is 446 g/mol. The van der Waals surface area contributed by atoms with Crippen molar-refractivity contribution in [1.29, 1.82) is 0 Å². The highest BCUT2D eigenvalue weighted by Gasteiger charge is 2.39. The predicted molar refractivity (Wildman–Crippen MR) is 96.1 cm³/mol. The van der Waals surface area contributed by atoms with Crippen LogP contribution in [0.2, 0.25) is 0 Å². The number of ether oxygens (including phenoxy) is 1. The van der Waals surface area contributed by atoms with Crippen LogP contribution in [0.4, 0.5) is 26.3 Å². The second-order valence-electron chi connectivity index (χ2n) is 6.80. The summed E-state index contributed by atoms with van der Waals surface area (Å²) in [5.41, 5.74) is 0.784. The Bertz CT molecular complexity index is 970. The van der Waals surface area contributed by atoms with Gasteiger partial charge in [0.2, 0.25) is 5.91 Å². The molecule has 1 N–H and O–H groups in total. The number of amides is 2. The summed E-state index contributed by atoms with van der Waals surface area (Å²) in [5, 5.41) is 1.54. The lowest BCUT2D eigenvalue weighted by molar-refractivity contribution is -0.174. The molecule has 166 valence electrons. The lowest BCUT2D eigenvalue weighted by Gasteiger charge is -2.29. The van der Waals surface area contributed by atoms with E-state index in [2.05, 4.69) is 0 Å². The second kappa shape index (κ2) is 8.48.